The molecule has 1 heterocycles. The Morgan fingerprint density at radius 3 is 2.70 bits per heavy atom. The Bertz CT molecular complexity index is 676. The van der Waals surface area contributed by atoms with Gasteiger partial charge in [-0.2, -0.15) is 10.4 Å². The first-order valence-electron chi connectivity index (χ1n) is 6.29. The number of benzene rings is 1. The van der Waals surface area contributed by atoms with Gasteiger partial charge in [-0.15, -0.1) is 5.10 Å². The third-order valence-electron chi connectivity index (χ3n) is 3.27. The number of aromatic nitrogens is 2. The Morgan fingerprint density at radius 2 is 2.05 bits per heavy atom. The van der Waals surface area contributed by atoms with E-state index in [2.05, 4.69) is 21.6 Å². The van der Waals surface area contributed by atoms with Crippen LogP contribution in [0.25, 0.3) is 0 Å². The van der Waals surface area contributed by atoms with Gasteiger partial charge in [0.25, 0.3) is 0 Å². The van der Waals surface area contributed by atoms with Crippen LogP contribution in [-0.4, -0.2) is 10.2 Å². The number of hydrogen-bond acceptors (Lipinski definition) is 4. The van der Waals surface area contributed by atoms with Crippen LogP contribution in [0.5, 0.6) is 0 Å². The van der Waals surface area contributed by atoms with Gasteiger partial charge in [-0.1, -0.05) is 12.1 Å². The lowest BCUT2D eigenvalue weighted by Gasteiger charge is -2.16. The molecule has 20 heavy (non-hydrogen) atoms. The number of anilines is 1. The Balaban J connectivity index is 2.31. The van der Waals surface area contributed by atoms with Crippen LogP contribution in [0.15, 0.2) is 24.3 Å². The molecule has 0 aliphatic rings. The minimum absolute atomic E-state index is 0.172. The molecule has 0 aliphatic heterocycles. The number of rotatable bonds is 3. The van der Waals surface area contributed by atoms with Crippen LogP contribution in [0.3, 0.4) is 0 Å². The van der Waals surface area contributed by atoms with Gasteiger partial charge in [0.05, 0.1) is 11.7 Å². The van der Waals surface area contributed by atoms with Crippen LogP contribution in [-0.2, 0) is 0 Å². The topological polar surface area (TPSA) is 61.6 Å². The highest BCUT2D eigenvalue weighted by molar-refractivity contribution is 5.56. The zero-order valence-electron chi connectivity index (χ0n) is 11.6. The monoisotopic (exact) mass is 270 g/mol. The highest BCUT2D eigenvalue weighted by Gasteiger charge is 2.14. The Labute approximate surface area is 117 Å². The van der Waals surface area contributed by atoms with Crippen molar-refractivity contribution in [1.29, 1.82) is 5.26 Å². The first-order chi connectivity index (χ1) is 9.52. The summed E-state index contributed by atoms with van der Waals surface area (Å²) in [5.41, 5.74) is 2.79. The van der Waals surface area contributed by atoms with Crippen LogP contribution >= 0.6 is 0 Å². The smallest absolute Gasteiger partial charge is 0.167 e. The molecule has 5 heteroatoms. The molecule has 4 nitrogen and oxygen atoms in total. The molecule has 1 aromatic heterocycles. The summed E-state index contributed by atoms with van der Waals surface area (Å²) < 4.78 is 13.2. The summed E-state index contributed by atoms with van der Waals surface area (Å²) in [5, 5.41) is 20.4. The number of nitriles is 1. The van der Waals surface area contributed by atoms with Crippen molar-refractivity contribution in [3.05, 3.63) is 52.5 Å². The van der Waals surface area contributed by atoms with Gasteiger partial charge < -0.3 is 5.32 Å². The van der Waals surface area contributed by atoms with E-state index in [0.717, 1.165) is 16.8 Å². The van der Waals surface area contributed by atoms with Crippen LogP contribution in [0, 0.1) is 31.0 Å². The van der Waals surface area contributed by atoms with Gasteiger partial charge in [0, 0.05) is 0 Å². The van der Waals surface area contributed by atoms with Crippen LogP contribution in [0.1, 0.15) is 35.3 Å². The van der Waals surface area contributed by atoms with E-state index in [1.807, 2.05) is 26.8 Å². The van der Waals surface area contributed by atoms with Crippen molar-refractivity contribution < 1.29 is 4.39 Å². The van der Waals surface area contributed by atoms with Gasteiger partial charge in [0.15, 0.2) is 5.82 Å². The molecule has 0 saturated heterocycles. The summed E-state index contributed by atoms with van der Waals surface area (Å²) in [6.07, 6.45) is 0. The summed E-state index contributed by atoms with van der Waals surface area (Å²) in [4.78, 5) is 0. The van der Waals surface area contributed by atoms with Crippen molar-refractivity contribution in [2.24, 2.45) is 0 Å². The highest BCUT2D eigenvalue weighted by atomic mass is 19.1. The van der Waals surface area contributed by atoms with Gasteiger partial charge in [0.1, 0.15) is 17.4 Å². The van der Waals surface area contributed by atoms with Crippen molar-refractivity contribution in [1.82, 2.24) is 10.2 Å². The SMILES string of the molecule is Cc1nnc(NC(C)c2cccc(F)c2)c(C#N)c1C. The molecule has 0 amide bonds. The molecule has 0 fully saturated rings. The van der Waals surface area contributed by atoms with Gasteiger partial charge >= 0.3 is 0 Å². The average molecular weight is 270 g/mol. The highest BCUT2D eigenvalue weighted by Crippen LogP contribution is 2.23. The maximum Gasteiger partial charge on any atom is 0.167 e. The van der Waals surface area contributed by atoms with Crippen molar-refractivity contribution in [3.8, 4) is 6.07 Å². The van der Waals surface area contributed by atoms with E-state index in [-0.39, 0.29) is 11.9 Å². The Hall–Kier alpha value is -2.48. The molecule has 1 unspecified atom stereocenters. The quantitative estimate of drug-likeness (QED) is 0.929. The number of halogens is 1. The summed E-state index contributed by atoms with van der Waals surface area (Å²) >= 11 is 0. The fraction of sp³-hybridized carbons (Fsp3) is 0.267. The second kappa shape index (κ2) is 5.66. The second-order valence-electron chi connectivity index (χ2n) is 4.67. The number of aryl methyl sites for hydroxylation is 1. The predicted molar refractivity (Wildman–Crippen MR) is 74.7 cm³/mol. The minimum atomic E-state index is -0.289. The minimum Gasteiger partial charge on any atom is -0.361 e. The zero-order valence-corrected chi connectivity index (χ0v) is 11.6. The van der Waals surface area contributed by atoms with Crippen LogP contribution in [0.4, 0.5) is 10.2 Å². The van der Waals surface area contributed by atoms with E-state index < -0.39 is 0 Å². The second-order valence-corrected chi connectivity index (χ2v) is 4.67. The molecular weight excluding hydrogens is 255 g/mol. The lowest BCUT2D eigenvalue weighted by molar-refractivity contribution is 0.623. The summed E-state index contributed by atoms with van der Waals surface area (Å²) in [6.45, 7) is 5.52. The van der Waals surface area contributed by atoms with E-state index >= 15 is 0 Å². The van der Waals surface area contributed by atoms with Gasteiger partial charge in [-0.05, 0) is 44.0 Å². The van der Waals surface area contributed by atoms with Gasteiger partial charge in [-0.3, -0.25) is 0 Å². The molecular formula is C15H15FN4. The molecule has 1 aromatic carbocycles. The van der Waals surface area contributed by atoms with E-state index in [4.69, 9.17) is 0 Å². The lowest BCUT2D eigenvalue weighted by Crippen LogP contribution is -2.12. The predicted octanol–water partition coefficient (Wildman–Crippen LogP) is 3.28. The number of nitrogens with zero attached hydrogens (tertiary/aromatic N) is 3. The molecule has 2 aromatic rings. The van der Waals surface area contributed by atoms with Crippen LogP contribution in [0.2, 0.25) is 0 Å². The van der Waals surface area contributed by atoms with E-state index in [0.29, 0.717) is 11.4 Å². The number of nitrogens with one attached hydrogen (secondary N) is 1. The Morgan fingerprint density at radius 1 is 1.30 bits per heavy atom. The van der Waals surface area contributed by atoms with Crippen LogP contribution < -0.4 is 5.32 Å². The van der Waals surface area contributed by atoms with Crippen molar-refractivity contribution in [3.63, 3.8) is 0 Å². The van der Waals surface area contributed by atoms with E-state index in [9.17, 15) is 9.65 Å². The molecule has 0 radical (unpaired) electrons. The normalized spacial score (nSPS) is 11.8. The van der Waals surface area contributed by atoms with Crippen molar-refractivity contribution in [2.75, 3.05) is 5.32 Å². The van der Waals surface area contributed by atoms with Gasteiger partial charge in [-0.25, -0.2) is 4.39 Å². The van der Waals surface area contributed by atoms with Gasteiger partial charge in [0.2, 0.25) is 0 Å². The Kier molecular flexibility index (Phi) is 3.94. The van der Waals surface area contributed by atoms with Crippen molar-refractivity contribution >= 4 is 5.82 Å². The third kappa shape index (κ3) is 2.75. The molecule has 0 saturated carbocycles. The fourth-order valence-corrected chi connectivity index (χ4v) is 1.91. The molecule has 0 aliphatic carbocycles. The molecule has 1 atom stereocenters. The molecule has 102 valence electrons. The third-order valence-corrected chi connectivity index (χ3v) is 3.27. The summed E-state index contributed by atoms with van der Waals surface area (Å²) in [5.74, 6) is 0.134. The average Bonchev–Trinajstić information content (AvgIpc) is 2.43. The summed E-state index contributed by atoms with van der Waals surface area (Å²) in [6, 6.07) is 8.29. The molecule has 0 bridgehead atoms. The fourth-order valence-electron chi connectivity index (χ4n) is 1.91. The lowest BCUT2D eigenvalue weighted by atomic mass is 10.1. The maximum absolute atomic E-state index is 13.2. The maximum atomic E-state index is 13.2. The molecule has 2 rings (SSSR count). The standard InChI is InChI=1S/C15H15FN4/c1-9-10(2)19-20-15(14(9)8-17)18-11(3)12-5-4-6-13(16)7-12/h4-7,11H,1-3H3,(H,18,20). The number of hydrogen-bond donors (Lipinski definition) is 1. The summed E-state index contributed by atoms with van der Waals surface area (Å²) in [7, 11) is 0. The van der Waals surface area contributed by atoms with E-state index in [1.54, 1.807) is 6.07 Å². The largest absolute Gasteiger partial charge is 0.361 e. The van der Waals surface area contributed by atoms with E-state index in [1.165, 1.54) is 12.1 Å². The molecule has 0 spiro atoms. The molecule has 1 N–H and O–H groups in total. The first kappa shape index (κ1) is 13.9. The first-order valence-corrected chi connectivity index (χ1v) is 6.29. The van der Waals surface area contributed by atoms with Crippen molar-refractivity contribution in [2.45, 2.75) is 26.8 Å². The zero-order chi connectivity index (χ0) is 14.7.